The molecule has 1 aliphatic rings. The second-order valence-corrected chi connectivity index (χ2v) is 7.68. The summed E-state index contributed by atoms with van der Waals surface area (Å²) in [5, 5.41) is 6.98. The first-order valence-electron chi connectivity index (χ1n) is 9.73. The summed E-state index contributed by atoms with van der Waals surface area (Å²) >= 11 is 0. The molecular formula is C21H26FN3O3. The molecule has 150 valence electrons. The Bertz CT molecular complexity index is 832. The molecular weight excluding hydrogens is 361 g/mol. The Hall–Kier alpha value is -2.70. The van der Waals surface area contributed by atoms with Crippen LogP contribution in [0.3, 0.4) is 0 Å². The minimum atomic E-state index is -0.528. The van der Waals surface area contributed by atoms with Crippen molar-refractivity contribution in [2.45, 2.75) is 52.1 Å². The number of carbonyl (C=O) groups excluding carboxylic acids is 2. The van der Waals surface area contributed by atoms with E-state index in [-0.39, 0.29) is 35.4 Å². The van der Waals surface area contributed by atoms with Gasteiger partial charge in [0.25, 0.3) is 5.91 Å². The lowest BCUT2D eigenvalue weighted by Gasteiger charge is -2.39. The van der Waals surface area contributed by atoms with E-state index in [0.717, 1.165) is 12.8 Å². The van der Waals surface area contributed by atoms with Gasteiger partial charge in [-0.25, -0.2) is 4.39 Å². The fourth-order valence-corrected chi connectivity index (χ4v) is 3.54. The minimum Gasteiger partial charge on any atom is -0.350 e. The molecule has 6 nitrogen and oxygen atoms in total. The lowest BCUT2D eigenvalue weighted by molar-refractivity contribution is -0.130. The zero-order valence-electron chi connectivity index (χ0n) is 16.4. The quantitative estimate of drug-likeness (QED) is 0.821. The number of hydrogen-bond acceptors (Lipinski definition) is 4. The zero-order chi connectivity index (χ0) is 20.3. The summed E-state index contributed by atoms with van der Waals surface area (Å²) in [6, 6.07) is 6.76. The molecule has 1 aromatic heterocycles. The number of nitrogens with one attached hydrogen (secondary N) is 1. The molecule has 1 aromatic carbocycles. The van der Waals surface area contributed by atoms with Crippen molar-refractivity contribution in [2.24, 2.45) is 5.92 Å². The van der Waals surface area contributed by atoms with Crippen LogP contribution in [0.4, 0.5) is 4.39 Å². The van der Waals surface area contributed by atoms with Crippen LogP contribution in [0.25, 0.3) is 11.3 Å². The van der Waals surface area contributed by atoms with Gasteiger partial charge in [-0.1, -0.05) is 32.3 Å². The largest absolute Gasteiger partial charge is 0.350 e. The number of carbonyl (C=O) groups is 2. The van der Waals surface area contributed by atoms with Gasteiger partial charge in [-0.15, -0.1) is 0 Å². The van der Waals surface area contributed by atoms with E-state index in [0.29, 0.717) is 24.2 Å². The van der Waals surface area contributed by atoms with Crippen LogP contribution in [-0.2, 0) is 4.79 Å². The first-order valence-corrected chi connectivity index (χ1v) is 9.73. The van der Waals surface area contributed by atoms with Gasteiger partial charge in [0.1, 0.15) is 17.6 Å². The van der Waals surface area contributed by atoms with E-state index in [9.17, 15) is 14.0 Å². The number of benzene rings is 1. The van der Waals surface area contributed by atoms with Crippen molar-refractivity contribution in [1.82, 2.24) is 15.4 Å². The number of nitrogens with zero attached hydrogens (tertiary/aromatic N) is 2. The third-order valence-corrected chi connectivity index (χ3v) is 4.90. The molecule has 7 heteroatoms. The van der Waals surface area contributed by atoms with Gasteiger partial charge >= 0.3 is 0 Å². The normalized spacial score (nSPS) is 19.8. The van der Waals surface area contributed by atoms with Gasteiger partial charge in [0.15, 0.2) is 0 Å². The summed E-state index contributed by atoms with van der Waals surface area (Å²) in [6.45, 7) is 6.54. The molecule has 3 rings (SSSR count). The predicted octanol–water partition coefficient (Wildman–Crippen LogP) is 3.64. The number of aromatic nitrogens is 1. The molecule has 0 unspecified atom stereocenters. The summed E-state index contributed by atoms with van der Waals surface area (Å²) in [4.78, 5) is 27.4. The van der Waals surface area contributed by atoms with Gasteiger partial charge in [0.2, 0.25) is 11.7 Å². The first-order chi connectivity index (χ1) is 13.4. The molecule has 0 saturated carbocycles. The fraction of sp³-hybridized carbons (Fsp3) is 0.476. The van der Waals surface area contributed by atoms with Crippen LogP contribution in [0.2, 0.25) is 0 Å². The number of piperazine rings is 1. The van der Waals surface area contributed by atoms with Crippen LogP contribution in [0.1, 0.15) is 50.6 Å². The summed E-state index contributed by atoms with van der Waals surface area (Å²) in [5.74, 6) is -0.467. The van der Waals surface area contributed by atoms with Gasteiger partial charge in [-0.3, -0.25) is 9.59 Å². The van der Waals surface area contributed by atoms with E-state index in [1.54, 1.807) is 23.1 Å². The molecule has 0 radical (unpaired) electrons. The molecule has 2 aromatic rings. The average Bonchev–Trinajstić information content (AvgIpc) is 3.14. The smallest absolute Gasteiger partial charge is 0.293 e. The average molecular weight is 387 g/mol. The van der Waals surface area contributed by atoms with Gasteiger partial charge in [0, 0.05) is 24.2 Å². The van der Waals surface area contributed by atoms with Gasteiger partial charge in [-0.05, 0) is 43.0 Å². The highest BCUT2D eigenvalue weighted by atomic mass is 19.1. The molecule has 1 aliphatic heterocycles. The molecule has 2 heterocycles. The lowest BCUT2D eigenvalue weighted by Crippen LogP contribution is -2.61. The van der Waals surface area contributed by atoms with Crippen LogP contribution in [-0.4, -0.2) is 40.5 Å². The second kappa shape index (κ2) is 8.54. The highest BCUT2D eigenvalue weighted by Gasteiger charge is 2.38. The Morgan fingerprint density at radius 1 is 1.36 bits per heavy atom. The zero-order valence-corrected chi connectivity index (χ0v) is 16.4. The molecule has 1 N–H and O–H groups in total. The molecule has 0 spiro atoms. The third kappa shape index (κ3) is 4.40. The monoisotopic (exact) mass is 387 g/mol. The Morgan fingerprint density at radius 3 is 2.71 bits per heavy atom. The summed E-state index contributed by atoms with van der Waals surface area (Å²) < 4.78 is 18.4. The topological polar surface area (TPSA) is 75.4 Å². The van der Waals surface area contributed by atoms with Crippen molar-refractivity contribution in [2.75, 3.05) is 6.54 Å². The maximum atomic E-state index is 13.1. The van der Waals surface area contributed by atoms with Crippen LogP contribution in [0.5, 0.6) is 0 Å². The summed E-state index contributed by atoms with van der Waals surface area (Å²) in [6.07, 6.45) is 2.30. The Balaban J connectivity index is 1.84. The molecule has 2 amide bonds. The lowest BCUT2D eigenvalue weighted by atomic mass is 9.96. The van der Waals surface area contributed by atoms with Gasteiger partial charge < -0.3 is 14.7 Å². The van der Waals surface area contributed by atoms with Crippen molar-refractivity contribution in [3.63, 3.8) is 0 Å². The Morgan fingerprint density at radius 2 is 2.07 bits per heavy atom. The molecule has 1 fully saturated rings. The summed E-state index contributed by atoms with van der Waals surface area (Å²) in [7, 11) is 0. The highest BCUT2D eigenvalue weighted by Crippen LogP contribution is 2.24. The Labute approximate surface area is 164 Å². The number of halogens is 1. The van der Waals surface area contributed by atoms with Crippen molar-refractivity contribution >= 4 is 11.8 Å². The van der Waals surface area contributed by atoms with Gasteiger partial charge in [0.05, 0.1) is 0 Å². The molecule has 28 heavy (non-hydrogen) atoms. The van der Waals surface area contributed by atoms with E-state index in [4.69, 9.17) is 4.52 Å². The number of rotatable bonds is 6. The number of amides is 2. The second-order valence-electron chi connectivity index (χ2n) is 7.68. The predicted molar refractivity (Wildman–Crippen MR) is 103 cm³/mol. The fourth-order valence-electron chi connectivity index (χ4n) is 3.54. The number of hydrogen-bond donors (Lipinski definition) is 1. The summed E-state index contributed by atoms with van der Waals surface area (Å²) in [5.41, 5.74) is 1.11. The molecule has 0 bridgehead atoms. The van der Waals surface area contributed by atoms with Crippen LogP contribution in [0.15, 0.2) is 34.9 Å². The standard InChI is InChI=1S/C21H26FN3O3/c1-4-5-16-12-25(18(10-13(2)3)20(26)23-16)21(27)19-11-17(24-28-19)14-6-8-15(22)9-7-14/h6-9,11,13,16,18H,4-5,10,12H2,1-3H3,(H,23,26)/t16-,18-/m0/s1. The van der Waals surface area contributed by atoms with Crippen molar-refractivity contribution in [1.29, 1.82) is 0 Å². The molecule has 1 saturated heterocycles. The van der Waals surface area contributed by atoms with Crippen molar-refractivity contribution in [3.8, 4) is 11.3 Å². The maximum Gasteiger partial charge on any atom is 0.293 e. The van der Waals surface area contributed by atoms with Crippen molar-refractivity contribution in [3.05, 3.63) is 41.9 Å². The van der Waals surface area contributed by atoms with E-state index < -0.39 is 6.04 Å². The van der Waals surface area contributed by atoms with Crippen LogP contribution >= 0.6 is 0 Å². The minimum absolute atomic E-state index is 0.0654. The molecule has 0 aliphatic carbocycles. The molecule has 2 atom stereocenters. The highest BCUT2D eigenvalue weighted by molar-refractivity contribution is 5.97. The third-order valence-electron chi connectivity index (χ3n) is 4.90. The van der Waals surface area contributed by atoms with Crippen molar-refractivity contribution < 1.29 is 18.5 Å². The first kappa shape index (κ1) is 20.0. The van der Waals surface area contributed by atoms with Gasteiger partial charge in [-0.2, -0.15) is 0 Å². The maximum absolute atomic E-state index is 13.1. The van der Waals surface area contributed by atoms with E-state index in [1.807, 2.05) is 20.8 Å². The van der Waals surface area contributed by atoms with E-state index in [2.05, 4.69) is 10.5 Å². The van der Waals surface area contributed by atoms with E-state index in [1.165, 1.54) is 12.1 Å². The van der Waals surface area contributed by atoms with Crippen LogP contribution < -0.4 is 5.32 Å². The Kier molecular flexibility index (Phi) is 6.11. The SMILES string of the molecule is CCC[C@H]1CN(C(=O)c2cc(-c3ccc(F)cc3)no2)[C@@H](CC(C)C)C(=O)N1. The van der Waals surface area contributed by atoms with E-state index >= 15 is 0 Å². The van der Waals surface area contributed by atoms with Crippen LogP contribution in [0, 0.1) is 11.7 Å².